The lowest BCUT2D eigenvalue weighted by Gasteiger charge is -2.00. The molecule has 2 rings (SSSR count). The molecular weight excluding hydrogens is 232 g/mol. The Bertz CT molecular complexity index is 450. The molecule has 3 nitrogen and oxygen atoms in total. The minimum Gasteiger partial charge on any atom is -0.390 e. The van der Waals surface area contributed by atoms with Crippen LogP contribution >= 0.6 is 15.9 Å². The largest absolute Gasteiger partial charge is 0.390 e. The molecule has 68 valence electrons. The van der Waals surface area contributed by atoms with E-state index in [0.717, 1.165) is 26.6 Å². The smallest absolute Gasteiger partial charge is 0.0928 e. The maximum absolute atomic E-state index is 9.05. The number of hydrogen-bond acceptors (Lipinski definition) is 2. The molecule has 1 aromatic carbocycles. The van der Waals surface area contributed by atoms with Crippen molar-refractivity contribution in [2.75, 3.05) is 0 Å². The van der Waals surface area contributed by atoms with Crippen molar-refractivity contribution < 1.29 is 5.11 Å². The van der Waals surface area contributed by atoms with Gasteiger partial charge in [0, 0.05) is 9.86 Å². The molecule has 0 bridgehead atoms. The van der Waals surface area contributed by atoms with Gasteiger partial charge in [0.25, 0.3) is 0 Å². The van der Waals surface area contributed by atoms with Gasteiger partial charge in [0.2, 0.25) is 0 Å². The van der Waals surface area contributed by atoms with Crippen LogP contribution in [-0.2, 0) is 6.61 Å². The molecule has 1 aromatic heterocycles. The number of aryl methyl sites for hydroxylation is 1. The molecule has 0 radical (unpaired) electrons. The molecule has 0 saturated carbocycles. The number of nitrogens with one attached hydrogen (secondary N) is 1. The van der Waals surface area contributed by atoms with Crippen LogP contribution in [0.1, 0.15) is 11.3 Å². The van der Waals surface area contributed by atoms with Gasteiger partial charge in [-0.2, -0.15) is 5.10 Å². The second-order valence-electron chi connectivity index (χ2n) is 2.93. The zero-order chi connectivity index (χ0) is 9.42. The summed E-state index contributed by atoms with van der Waals surface area (Å²) in [6.45, 7) is 1.99. The predicted molar refractivity (Wildman–Crippen MR) is 54.5 cm³/mol. The Labute approximate surface area is 83.9 Å². The van der Waals surface area contributed by atoms with Gasteiger partial charge in [-0.25, -0.2) is 0 Å². The van der Waals surface area contributed by atoms with Crippen LogP contribution in [0.2, 0.25) is 0 Å². The molecule has 0 amide bonds. The van der Waals surface area contributed by atoms with Gasteiger partial charge in [-0.3, -0.25) is 5.10 Å². The summed E-state index contributed by atoms with van der Waals surface area (Å²) < 4.78 is 1.04. The Morgan fingerprint density at radius 3 is 3.00 bits per heavy atom. The van der Waals surface area contributed by atoms with Gasteiger partial charge in [0.15, 0.2) is 0 Å². The molecule has 0 unspecified atom stereocenters. The van der Waals surface area contributed by atoms with E-state index in [1.54, 1.807) is 0 Å². The molecule has 4 heteroatoms. The number of H-pyrrole nitrogens is 1. The highest BCUT2D eigenvalue weighted by atomic mass is 79.9. The second kappa shape index (κ2) is 3.12. The molecule has 2 aromatic rings. The van der Waals surface area contributed by atoms with Gasteiger partial charge >= 0.3 is 0 Å². The minimum absolute atomic E-state index is 0.00616. The molecule has 1 heterocycles. The van der Waals surface area contributed by atoms with Crippen LogP contribution in [0.4, 0.5) is 0 Å². The number of hydrogen-bond donors (Lipinski definition) is 2. The highest BCUT2D eigenvalue weighted by Gasteiger charge is 2.08. The van der Waals surface area contributed by atoms with Gasteiger partial charge in [-0.05, 0) is 24.6 Å². The SMILES string of the molecule is Cc1c(Br)ccc2n[nH]c(CO)c12. The van der Waals surface area contributed by atoms with Gasteiger partial charge in [0.1, 0.15) is 0 Å². The number of halogens is 1. The maximum atomic E-state index is 9.05. The molecule has 0 fully saturated rings. The van der Waals surface area contributed by atoms with E-state index in [-0.39, 0.29) is 6.61 Å². The molecule has 0 aliphatic rings. The Balaban J connectivity index is 2.85. The third-order valence-corrected chi connectivity index (χ3v) is 3.01. The average Bonchev–Trinajstić information content (AvgIpc) is 2.55. The van der Waals surface area contributed by atoms with E-state index in [0.29, 0.717) is 0 Å². The van der Waals surface area contributed by atoms with Crippen LogP contribution in [0, 0.1) is 6.92 Å². The third kappa shape index (κ3) is 1.26. The highest BCUT2D eigenvalue weighted by molar-refractivity contribution is 9.10. The second-order valence-corrected chi connectivity index (χ2v) is 3.78. The fourth-order valence-electron chi connectivity index (χ4n) is 1.44. The summed E-state index contributed by atoms with van der Waals surface area (Å²) in [7, 11) is 0. The van der Waals surface area contributed by atoms with Crippen LogP contribution < -0.4 is 0 Å². The zero-order valence-corrected chi connectivity index (χ0v) is 8.72. The Kier molecular flexibility index (Phi) is 2.09. The molecule has 0 aliphatic carbocycles. The molecule has 2 N–H and O–H groups in total. The van der Waals surface area contributed by atoms with E-state index in [1.165, 1.54) is 0 Å². The van der Waals surface area contributed by atoms with E-state index in [4.69, 9.17) is 5.11 Å². The van der Waals surface area contributed by atoms with Crippen LogP contribution in [0.3, 0.4) is 0 Å². The number of nitrogens with zero attached hydrogens (tertiary/aromatic N) is 1. The van der Waals surface area contributed by atoms with E-state index in [1.807, 2.05) is 19.1 Å². The van der Waals surface area contributed by atoms with Crippen LogP contribution in [0.15, 0.2) is 16.6 Å². The minimum atomic E-state index is -0.00616. The van der Waals surface area contributed by atoms with E-state index in [9.17, 15) is 0 Å². The molecular formula is C9H9BrN2O. The average molecular weight is 241 g/mol. The summed E-state index contributed by atoms with van der Waals surface area (Å²) in [4.78, 5) is 0. The highest BCUT2D eigenvalue weighted by Crippen LogP contribution is 2.26. The number of aliphatic hydroxyl groups excluding tert-OH is 1. The van der Waals surface area contributed by atoms with Crippen molar-refractivity contribution in [1.29, 1.82) is 0 Å². The number of fused-ring (bicyclic) bond motifs is 1. The van der Waals surface area contributed by atoms with Crippen molar-refractivity contribution in [3.05, 3.63) is 27.9 Å². The lowest BCUT2D eigenvalue weighted by atomic mass is 10.1. The molecule has 0 atom stereocenters. The van der Waals surface area contributed by atoms with Crippen molar-refractivity contribution in [2.24, 2.45) is 0 Å². The van der Waals surface area contributed by atoms with Gasteiger partial charge in [-0.15, -0.1) is 0 Å². The molecule has 0 saturated heterocycles. The standard InChI is InChI=1S/C9H9BrN2O/c1-5-6(10)2-3-7-9(5)8(4-13)12-11-7/h2-3,13H,4H2,1H3,(H,11,12). The maximum Gasteiger partial charge on any atom is 0.0928 e. The Hall–Kier alpha value is -0.870. The zero-order valence-electron chi connectivity index (χ0n) is 7.13. The summed E-state index contributed by atoms with van der Waals surface area (Å²) in [5.74, 6) is 0. The predicted octanol–water partition coefficient (Wildman–Crippen LogP) is 2.13. The van der Waals surface area contributed by atoms with Crippen molar-refractivity contribution in [1.82, 2.24) is 10.2 Å². The van der Waals surface area contributed by atoms with Gasteiger partial charge in [-0.1, -0.05) is 15.9 Å². The third-order valence-electron chi connectivity index (χ3n) is 2.15. The van der Waals surface area contributed by atoms with Gasteiger partial charge < -0.3 is 5.11 Å². The summed E-state index contributed by atoms with van der Waals surface area (Å²) >= 11 is 3.44. The van der Waals surface area contributed by atoms with Crippen LogP contribution in [0.5, 0.6) is 0 Å². The number of aromatic nitrogens is 2. The topological polar surface area (TPSA) is 48.9 Å². The molecule has 13 heavy (non-hydrogen) atoms. The summed E-state index contributed by atoms with van der Waals surface area (Å²) in [5.41, 5.74) is 2.77. The van der Waals surface area contributed by atoms with E-state index >= 15 is 0 Å². The summed E-state index contributed by atoms with van der Waals surface area (Å²) in [5, 5.41) is 17.0. The Morgan fingerprint density at radius 2 is 2.31 bits per heavy atom. The number of benzene rings is 1. The van der Waals surface area contributed by atoms with Crippen LogP contribution in [-0.4, -0.2) is 15.3 Å². The number of rotatable bonds is 1. The fourth-order valence-corrected chi connectivity index (χ4v) is 1.77. The lowest BCUT2D eigenvalue weighted by Crippen LogP contribution is -1.85. The fraction of sp³-hybridized carbons (Fsp3) is 0.222. The van der Waals surface area contributed by atoms with E-state index < -0.39 is 0 Å². The van der Waals surface area contributed by atoms with Gasteiger partial charge in [0.05, 0.1) is 17.8 Å². The normalized spacial score (nSPS) is 11.0. The lowest BCUT2D eigenvalue weighted by molar-refractivity contribution is 0.278. The van der Waals surface area contributed by atoms with Crippen molar-refractivity contribution in [2.45, 2.75) is 13.5 Å². The van der Waals surface area contributed by atoms with Crippen molar-refractivity contribution in [3.63, 3.8) is 0 Å². The first-order valence-corrected chi connectivity index (χ1v) is 4.76. The first-order chi connectivity index (χ1) is 6.24. The molecule has 0 spiro atoms. The number of aliphatic hydroxyl groups is 1. The van der Waals surface area contributed by atoms with E-state index in [2.05, 4.69) is 26.1 Å². The summed E-state index contributed by atoms with van der Waals surface area (Å²) in [6, 6.07) is 3.88. The Morgan fingerprint density at radius 1 is 1.54 bits per heavy atom. The molecule has 0 aliphatic heterocycles. The monoisotopic (exact) mass is 240 g/mol. The van der Waals surface area contributed by atoms with Crippen molar-refractivity contribution >= 4 is 26.8 Å². The number of aromatic amines is 1. The quantitative estimate of drug-likeness (QED) is 0.803. The first-order valence-electron chi connectivity index (χ1n) is 3.97. The van der Waals surface area contributed by atoms with Crippen molar-refractivity contribution in [3.8, 4) is 0 Å². The first kappa shape index (κ1) is 8.72. The van der Waals surface area contributed by atoms with Crippen LogP contribution in [0.25, 0.3) is 10.9 Å². The summed E-state index contributed by atoms with van der Waals surface area (Å²) in [6.07, 6.45) is 0.